The fraction of sp³-hybridized carbons (Fsp3) is 0.250. The van der Waals surface area contributed by atoms with Crippen LogP contribution in [-0.4, -0.2) is 21.9 Å². The first-order valence-electron chi connectivity index (χ1n) is 8.12. The van der Waals surface area contributed by atoms with E-state index >= 15 is 0 Å². The summed E-state index contributed by atoms with van der Waals surface area (Å²) in [5, 5.41) is 1.20. The number of rotatable bonds is 2. The smallest absolute Gasteiger partial charge is 0.242 e. The van der Waals surface area contributed by atoms with Gasteiger partial charge in [0, 0.05) is 24.3 Å². The number of carbonyl (C=O) groups is 1. The number of benzene rings is 2. The second-order valence-corrected chi connectivity index (χ2v) is 6.26. The third kappa shape index (κ3) is 2.52. The lowest BCUT2D eigenvalue weighted by Crippen LogP contribution is -2.38. The van der Waals surface area contributed by atoms with Crippen LogP contribution >= 0.6 is 0 Å². The zero-order valence-electron chi connectivity index (χ0n) is 13.3. The SMILES string of the molecule is Cc1cc2ccccc2n1CC(=O)N1CCc2ccccc2C1. The Morgan fingerprint density at radius 3 is 2.65 bits per heavy atom. The molecule has 1 aliphatic rings. The van der Waals surface area contributed by atoms with E-state index in [1.165, 1.54) is 16.5 Å². The highest BCUT2D eigenvalue weighted by Crippen LogP contribution is 2.22. The quantitative estimate of drug-likeness (QED) is 0.711. The molecule has 0 radical (unpaired) electrons. The van der Waals surface area contributed by atoms with Crippen molar-refractivity contribution >= 4 is 16.8 Å². The molecule has 2 aromatic carbocycles. The van der Waals surface area contributed by atoms with Gasteiger partial charge in [-0.05, 0) is 42.0 Å². The molecule has 1 aromatic heterocycles. The molecule has 3 aromatic rings. The van der Waals surface area contributed by atoms with E-state index in [1.54, 1.807) is 0 Å². The van der Waals surface area contributed by atoms with Gasteiger partial charge in [0.15, 0.2) is 0 Å². The van der Waals surface area contributed by atoms with Crippen molar-refractivity contribution in [1.82, 2.24) is 9.47 Å². The van der Waals surface area contributed by atoms with Crippen LogP contribution in [0.5, 0.6) is 0 Å². The van der Waals surface area contributed by atoms with Crippen LogP contribution in [0.2, 0.25) is 0 Å². The lowest BCUT2D eigenvalue weighted by atomic mass is 10.00. The highest BCUT2D eigenvalue weighted by molar-refractivity contribution is 5.84. The molecule has 116 valence electrons. The second-order valence-electron chi connectivity index (χ2n) is 6.26. The van der Waals surface area contributed by atoms with E-state index in [9.17, 15) is 4.79 Å². The Kier molecular flexibility index (Phi) is 3.41. The fourth-order valence-electron chi connectivity index (χ4n) is 3.50. The summed E-state index contributed by atoms with van der Waals surface area (Å²) in [5.41, 5.74) is 4.92. The molecule has 1 aliphatic heterocycles. The van der Waals surface area contributed by atoms with Crippen LogP contribution < -0.4 is 0 Å². The van der Waals surface area contributed by atoms with E-state index in [4.69, 9.17) is 0 Å². The number of fused-ring (bicyclic) bond motifs is 2. The van der Waals surface area contributed by atoms with Crippen LogP contribution in [0.4, 0.5) is 0 Å². The van der Waals surface area contributed by atoms with Gasteiger partial charge in [-0.2, -0.15) is 0 Å². The van der Waals surface area contributed by atoms with E-state index in [0.717, 1.165) is 30.7 Å². The van der Waals surface area contributed by atoms with Crippen LogP contribution in [0.15, 0.2) is 54.6 Å². The molecule has 1 amide bonds. The summed E-state index contributed by atoms with van der Waals surface area (Å²) in [7, 11) is 0. The minimum Gasteiger partial charge on any atom is -0.336 e. The van der Waals surface area contributed by atoms with Crippen molar-refractivity contribution in [2.75, 3.05) is 6.54 Å². The zero-order chi connectivity index (χ0) is 15.8. The molecule has 2 heterocycles. The molecular formula is C20H20N2O. The van der Waals surface area contributed by atoms with E-state index in [1.807, 2.05) is 17.0 Å². The minimum atomic E-state index is 0.198. The second kappa shape index (κ2) is 5.58. The Hall–Kier alpha value is -2.55. The molecular weight excluding hydrogens is 284 g/mol. The van der Waals surface area contributed by atoms with Crippen molar-refractivity contribution in [2.45, 2.75) is 26.4 Å². The lowest BCUT2D eigenvalue weighted by molar-refractivity contribution is -0.132. The summed E-state index contributed by atoms with van der Waals surface area (Å²) in [6.07, 6.45) is 0.952. The first kappa shape index (κ1) is 14.1. The van der Waals surface area contributed by atoms with Crippen LogP contribution in [0, 0.1) is 6.92 Å². The molecule has 0 fully saturated rings. The predicted octanol–water partition coefficient (Wildman–Crippen LogP) is 3.53. The van der Waals surface area contributed by atoms with E-state index in [0.29, 0.717) is 6.54 Å². The first-order chi connectivity index (χ1) is 11.2. The molecule has 0 unspecified atom stereocenters. The molecule has 3 heteroatoms. The van der Waals surface area contributed by atoms with E-state index in [-0.39, 0.29) is 5.91 Å². The number of carbonyl (C=O) groups excluding carboxylic acids is 1. The minimum absolute atomic E-state index is 0.198. The van der Waals surface area contributed by atoms with Gasteiger partial charge in [0.05, 0.1) is 0 Å². The standard InChI is InChI=1S/C20H20N2O/c1-15-12-17-7-4-5-9-19(17)22(15)14-20(23)21-11-10-16-6-2-3-8-18(16)13-21/h2-9,12H,10-11,13-14H2,1H3. The van der Waals surface area contributed by atoms with Gasteiger partial charge in [-0.15, -0.1) is 0 Å². The molecule has 0 saturated carbocycles. The Balaban J connectivity index is 1.57. The fourth-order valence-corrected chi connectivity index (χ4v) is 3.50. The maximum atomic E-state index is 12.8. The number of hydrogen-bond donors (Lipinski definition) is 0. The van der Waals surface area contributed by atoms with E-state index in [2.05, 4.69) is 54.0 Å². The molecule has 3 nitrogen and oxygen atoms in total. The van der Waals surface area contributed by atoms with Gasteiger partial charge in [-0.3, -0.25) is 4.79 Å². The Labute approximate surface area is 136 Å². The average molecular weight is 304 g/mol. The van der Waals surface area contributed by atoms with Crippen molar-refractivity contribution in [1.29, 1.82) is 0 Å². The van der Waals surface area contributed by atoms with Gasteiger partial charge >= 0.3 is 0 Å². The number of aryl methyl sites for hydroxylation is 1. The van der Waals surface area contributed by atoms with Gasteiger partial charge in [0.1, 0.15) is 6.54 Å². The van der Waals surface area contributed by atoms with E-state index < -0.39 is 0 Å². The summed E-state index contributed by atoms with van der Waals surface area (Å²) in [6.45, 7) is 4.03. The molecule has 23 heavy (non-hydrogen) atoms. The van der Waals surface area contributed by atoms with Crippen molar-refractivity contribution in [3.05, 3.63) is 71.4 Å². The number of amides is 1. The molecule has 0 aliphatic carbocycles. The molecule has 4 rings (SSSR count). The first-order valence-corrected chi connectivity index (χ1v) is 8.12. The topological polar surface area (TPSA) is 25.2 Å². The number of nitrogens with zero attached hydrogens (tertiary/aromatic N) is 2. The maximum Gasteiger partial charge on any atom is 0.242 e. The van der Waals surface area contributed by atoms with Gasteiger partial charge < -0.3 is 9.47 Å². The lowest BCUT2D eigenvalue weighted by Gasteiger charge is -2.29. The predicted molar refractivity (Wildman–Crippen MR) is 92.2 cm³/mol. The van der Waals surface area contributed by atoms with Crippen molar-refractivity contribution in [3.8, 4) is 0 Å². The Morgan fingerprint density at radius 2 is 1.78 bits per heavy atom. The van der Waals surface area contributed by atoms with Crippen LogP contribution in [-0.2, 0) is 24.3 Å². The van der Waals surface area contributed by atoms with Gasteiger partial charge in [-0.25, -0.2) is 0 Å². The normalized spacial score (nSPS) is 14.0. The van der Waals surface area contributed by atoms with Crippen LogP contribution in [0.3, 0.4) is 0 Å². The summed E-state index contributed by atoms with van der Waals surface area (Å²) in [5.74, 6) is 0.198. The third-order valence-corrected chi connectivity index (χ3v) is 4.79. The van der Waals surface area contributed by atoms with Gasteiger partial charge in [0.2, 0.25) is 5.91 Å². The highest BCUT2D eigenvalue weighted by atomic mass is 16.2. The summed E-state index contributed by atoms with van der Waals surface area (Å²) in [4.78, 5) is 14.8. The zero-order valence-corrected chi connectivity index (χ0v) is 13.3. The average Bonchev–Trinajstić information content (AvgIpc) is 2.90. The number of aromatic nitrogens is 1. The molecule has 0 saturated heterocycles. The van der Waals surface area contributed by atoms with Crippen molar-refractivity contribution in [2.24, 2.45) is 0 Å². The number of para-hydroxylation sites is 1. The van der Waals surface area contributed by atoms with Crippen LogP contribution in [0.1, 0.15) is 16.8 Å². The summed E-state index contributed by atoms with van der Waals surface area (Å²) >= 11 is 0. The number of hydrogen-bond acceptors (Lipinski definition) is 1. The Morgan fingerprint density at radius 1 is 1.04 bits per heavy atom. The molecule has 0 atom stereocenters. The molecule has 0 N–H and O–H groups in total. The van der Waals surface area contributed by atoms with Crippen molar-refractivity contribution in [3.63, 3.8) is 0 Å². The Bertz CT molecular complexity index is 878. The van der Waals surface area contributed by atoms with Gasteiger partial charge in [0.25, 0.3) is 0 Å². The largest absolute Gasteiger partial charge is 0.336 e. The molecule has 0 spiro atoms. The summed E-state index contributed by atoms with van der Waals surface area (Å²) in [6, 6.07) is 18.8. The van der Waals surface area contributed by atoms with Gasteiger partial charge in [-0.1, -0.05) is 42.5 Å². The highest BCUT2D eigenvalue weighted by Gasteiger charge is 2.21. The maximum absolute atomic E-state index is 12.8. The third-order valence-electron chi connectivity index (χ3n) is 4.79. The van der Waals surface area contributed by atoms with Crippen molar-refractivity contribution < 1.29 is 4.79 Å². The monoisotopic (exact) mass is 304 g/mol. The molecule has 0 bridgehead atoms. The van der Waals surface area contributed by atoms with Crippen LogP contribution in [0.25, 0.3) is 10.9 Å². The summed E-state index contributed by atoms with van der Waals surface area (Å²) < 4.78 is 2.12.